The molecule has 0 rings (SSSR count). The Balaban J connectivity index is 4.08. The summed E-state index contributed by atoms with van der Waals surface area (Å²) in [5.41, 5.74) is 10.9. The van der Waals surface area contributed by atoms with Crippen LogP contribution in [0.4, 0.5) is 0 Å². The van der Waals surface area contributed by atoms with Crippen LogP contribution in [0.2, 0.25) is 0 Å². The van der Waals surface area contributed by atoms with Crippen LogP contribution in [0.3, 0.4) is 0 Å². The topological polar surface area (TPSA) is 58.5 Å². The summed E-state index contributed by atoms with van der Waals surface area (Å²) in [6.45, 7) is 0.911. The van der Waals surface area contributed by atoms with Crippen molar-refractivity contribution in [2.24, 2.45) is 11.5 Å². The van der Waals surface area contributed by atoms with E-state index in [0.29, 0.717) is 31.7 Å². The number of likely N-dealkylation sites (N-methyl/N-ethyl adjacent to an activating group) is 2. The normalized spacial score (nSPS) is 9.67. The van der Waals surface area contributed by atoms with Gasteiger partial charge in [0.05, 0.1) is 23.1 Å². The van der Waals surface area contributed by atoms with Crippen LogP contribution in [0.5, 0.6) is 0 Å². The van der Waals surface area contributed by atoms with Crippen molar-refractivity contribution in [2.45, 2.75) is 0 Å². The maximum atomic E-state index is 5.44. The molecule has 0 aliphatic carbocycles. The van der Waals surface area contributed by atoms with Crippen LogP contribution in [-0.2, 0) is 0 Å². The molecule has 4 nitrogen and oxygen atoms in total. The van der Waals surface area contributed by atoms with E-state index in [9.17, 15) is 0 Å². The van der Waals surface area contributed by atoms with E-state index in [0.717, 1.165) is 0 Å². The molecule has 10 heteroatoms. The summed E-state index contributed by atoms with van der Waals surface area (Å²) < 4.78 is 1.33. The van der Waals surface area contributed by atoms with Crippen molar-refractivity contribution < 1.29 is 0 Å². The standard InChI is InChI=1S/C8H14N4S6/c1-11(3-5(9)13)7(15)17-18-8(16)12(2)4-6(10)14/h3-4H2,1-2H3,(H2,9,13)(H2,10,14). The third kappa shape index (κ3) is 8.38. The Kier molecular flexibility index (Phi) is 9.34. The molecule has 0 amide bonds. The maximum absolute atomic E-state index is 5.44. The van der Waals surface area contributed by atoms with Crippen molar-refractivity contribution in [3.63, 3.8) is 0 Å². The molecule has 4 N–H and O–H groups in total. The Morgan fingerprint density at radius 1 is 0.833 bits per heavy atom. The maximum Gasteiger partial charge on any atom is 0.147 e. The average molecular weight is 359 g/mol. The highest BCUT2D eigenvalue weighted by Crippen LogP contribution is 2.27. The van der Waals surface area contributed by atoms with E-state index in [2.05, 4.69) is 0 Å². The average Bonchev–Trinajstić information content (AvgIpc) is 2.23. The first-order valence-electron chi connectivity index (χ1n) is 4.65. The zero-order valence-electron chi connectivity index (χ0n) is 9.91. The Labute approximate surface area is 137 Å². The molecule has 0 aliphatic heterocycles. The van der Waals surface area contributed by atoms with Crippen LogP contribution in [-0.4, -0.2) is 55.6 Å². The lowest BCUT2D eigenvalue weighted by atomic mass is 10.6. The fraction of sp³-hybridized carbons (Fsp3) is 0.500. The first-order valence-corrected chi connectivity index (χ1v) is 8.43. The molecule has 0 unspecified atom stereocenters. The molecule has 0 radical (unpaired) electrons. The van der Waals surface area contributed by atoms with Crippen molar-refractivity contribution in [1.82, 2.24) is 9.80 Å². The van der Waals surface area contributed by atoms with Gasteiger partial charge in [-0.1, -0.05) is 48.9 Å². The minimum absolute atomic E-state index is 0.402. The molecule has 102 valence electrons. The van der Waals surface area contributed by atoms with E-state index < -0.39 is 0 Å². The van der Waals surface area contributed by atoms with Gasteiger partial charge in [-0.25, -0.2) is 0 Å². The Bertz CT molecular complexity index is 323. The summed E-state index contributed by atoms with van der Waals surface area (Å²) in [6.07, 6.45) is 0. The third-order valence-electron chi connectivity index (χ3n) is 1.59. The summed E-state index contributed by atoms with van der Waals surface area (Å²) in [5, 5.41) is 0. The summed E-state index contributed by atoms with van der Waals surface area (Å²) >= 11 is 20.1. The monoisotopic (exact) mass is 358 g/mol. The Morgan fingerprint density at radius 3 is 1.33 bits per heavy atom. The van der Waals surface area contributed by atoms with E-state index in [1.54, 1.807) is 9.80 Å². The van der Waals surface area contributed by atoms with E-state index in [1.165, 1.54) is 21.6 Å². The summed E-state index contributed by atoms with van der Waals surface area (Å²) in [4.78, 5) is 4.40. The molecule has 0 bridgehead atoms. The van der Waals surface area contributed by atoms with Crippen LogP contribution < -0.4 is 11.5 Å². The molecule has 0 aromatic heterocycles. The lowest BCUT2D eigenvalue weighted by Crippen LogP contribution is -2.33. The number of rotatable bonds is 4. The number of nitrogens with two attached hydrogens (primary N) is 2. The Morgan fingerprint density at radius 2 is 1.11 bits per heavy atom. The predicted molar refractivity (Wildman–Crippen MR) is 99.2 cm³/mol. The molecule has 0 heterocycles. The molecule has 0 aromatic rings. The number of hydrogen-bond acceptors (Lipinski definition) is 6. The Hall–Kier alpha value is 0.260. The van der Waals surface area contributed by atoms with E-state index >= 15 is 0 Å². The van der Waals surface area contributed by atoms with Crippen LogP contribution >= 0.6 is 70.5 Å². The summed E-state index contributed by atoms with van der Waals surface area (Å²) in [6, 6.07) is 0. The van der Waals surface area contributed by atoms with Crippen LogP contribution in [0.15, 0.2) is 0 Å². The van der Waals surface area contributed by atoms with E-state index in [1.807, 2.05) is 14.1 Å². The van der Waals surface area contributed by atoms with Crippen molar-refractivity contribution in [3.05, 3.63) is 0 Å². The van der Waals surface area contributed by atoms with E-state index in [4.69, 9.17) is 60.3 Å². The zero-order valence-corrected chi connectivity index (χ0v) is 14.8. The van der Waals surface area contributed by atoms with Gasteiger partial charge in [0.25, 0.3) is 0 Å². The molecule has 18 heavy (non-hydrogen) atoms. The smallest absolute Gasteiger partial charge is 0.147 e. The second kappa shape index (κ2) is 9.21. The number of hydrogen-bond donors (Lipinski definition) is 2. The highest BCUT2D eigenvalue weighted by Gasteiger charge is 2.11. The second-order valence-electron chi connectivity index (χ2n) is 3.34. The SMILES string of the molecule is CN(CC(N)=S)C(=S)SSC(=S)N(C)CC(N)=S. The molecular formula is C8H14N4S6. The minimum atomic E-state index is 0.402. The first-order chi connectivity index (χ1) is 8.23. The van der Waals surface area contributed by atoms with Crippen LogP contribution in [0, 0.1) is 0 Å². The summed E-state index contributed by atoms with van der Waals surface area (Å²) in [5.74, 6) is 0. The largest absolute Gasteiger partial charge is 0.392 e. The second-order valence-corrected chi connectivity index (χ2v) is 7.79. The quantitative estimate of drug-likeness (QED) is 0.569. The number of nitrogens with zero attached hydrogens (tertiary/aromatic N) is 2. The molecule has 0 spiro atoms. The van der Waals surface area contributed by atoms with Gasteiger partial charge in [-0.2, -0.15) is 0 Å². The van der Waals surface area contributed by atoms with Gasteiger partial charge in [-0.15, -0.1) is 0 Å². The molecule has 0 aromatic carbocycles. The third-order valence-corrected chi connectivity index (χ3v) is 5.80. The van der Waals surface area contributed by atoms with Gasteiger partial charge in [0, 0.05) is 14.1 Å². The molecule has 0 aliphatic rings. The van der Waals surface area contributed by atoms with Gasteiger partial charge in [-0.3, -0.25) is 0 Å². The molecule has 0 saturated heterocycles. The van der Waals surface area contributed by atoms with Gasteiger partial charge in [-0.05, 0) is 21.6 Å². The zero-order chi connectivity index (χ0) is 14.3. The first kappa shape index (κ1) is 18.3. The van der Waals surface area contributed by atoms with Gasteiger partial charge in [0.2, 0.25) is 0 Å². The number of thiocarbonyl (C=S) groups is 4. The van der Waals surface area contributed by atoms with E-state index in [-0.39, 0.29) is 0 Å². The van der Waals surface area contributed by atoms with Crippen LogP contribution in [0.1, 0.15) is 0 Å². The van der Waals surface area contributed by atoms with Gasteiger partial charge < -0.3 is 21.3 Å². The fourth-order valence-electron chi connectivity index (χ4n) is 0.795. The lowest BCUT2D eigenvalue weighted by molar-refractivity contribution is 0.603. The molecule has 0 fully saturated rings. The summed E-state index contributed by atoms with van der Waals surface area (Å²) in [7, 11) is 6.42. The van der Waals surface area contributed by atoms with Crippen molar-refractivity contribution in [2.75, 3.05) is 27.2 Å². The lowest BCUT2D eigenvalue weighted by Gasteiger charge is -2.21. The highest BCUT2D eigenvalue weighted by atomic mass is 33.1. The van der Waals surface area contributed by atoms with Crippen molar-refractivity contribution in [3.8, 4) is 0 Å². The van der Waals surface area contributed by atoms with Crippen molar-refractivity contribution in [1.29, 1.82) is 0 Å². The van der Waals surface area contributed by atoms with Crippen molar-refractivity contribution >= 4 is 89.1 Å². The minimum Gasteiger partial charge on any atom is -0.392 e. The predicted octanol–water partition coefficient (Wildman–Crippen LogP) is 1.37. The molecular weight excluding hydrogens is 345 g/mol. The van der Waals surface area contributed by atoms with Gasteiger partial charge in [0.1, 0.15) is 8.64 Å². The van der Waals surface area contributed by atoms with Gasteiger partial charge >= 0.3 is 0 Å². The molecule has 0 saturated carbocycles. The van der Waals surface area contributed by atoms with Crippen LogP contribution in [0.25, 0.3) is 0 Å². The van der Waals surface area contributed by atoms with Gasteiger partial charge in [0.15, 0.2) is 0 Å². The fourth-order valence-corrected chi connectivity index (χ4v) is 3.64. The molecule has 0 atom stereocenters. The highest BCUT2D eigenvalue weighted by molar-refractivity contribution is 8.89.